The van der Waals surface area contributed by atoms with Gasteiger partial charge in [0.25, 0.3) is 0 Å². The SMILES string of the molecule is CCNC(=NCc1nc(C)c(C)o1)NCCC(=O)NC(C)CC. The molecule has 1 amide bonds. The zero-order valence-corrected chi connectivity index (χ0v) is 14.8. The molecule has 7 nitrogen and oxygen atoms in total. The van der Waals surface area contributed by atoms with Gasteiger partial charge in [-0.25, -0.2) is 9.98 Å². The number of aryl methyl sites for hydroxylation is 2. The van der Waals surface area contributed by atoms with Crippen molar-refractivity contribution in [2.75, 3.05) is 13.1 Å². The molecule has 0 aromatic carbocycles. The average Bonchev–Trinajstić information content (AvgIpc) is 2.83. The second-order valence-corrected chi connectivity index (χ2v) is 5.50. The molecule has 0 fully saturated rings. The maximum absolute atomic E-state index is 11.7. The van der Waals surface area contributed by atoms with Crippen LogP contribution in [0.5, 0.6) is 0 Å². The van der Waals surface area contributed by atoms with Crippen LogP contribution in [0.15, 0.2) is 9.41 Å². The largest absolute Gasteiger partial charge is 0.444 e. The maximum atomic E-state index is 11.7. The fraction of sp³-hybridized carbons (Fsp3) is 0.688. The lowest BCUT2D eigenvalue weighted by Crippen LogP contribution is -2.40. The number of oxazole rings is 1. The molecule has 0 spiro atoms. The fourth-order valence-electron chi connectivity index (χ4n) is 1.84. The third-order valence-corrected chi connectivity index (χ3v) is 3.45. The molecule has 0 aliphatic rings. The molecule has 0 saturated carbocycles. The summed E-state index contributed by atoms with van der Waals surface area (Å²) in [6, 6.07) is 0.209. The van der Waals surface area contributed by atoms with E-state index >= 15 is 0 Å². The number of nitrogens with one attached hydrogen (secondary N) is 3. The Balaban J connectivity index is 2.44. The van der Waals surface area contributed by atoms with Gasteiger partial charge in [0.2, 0.25) is 11.8 Å². The van der Waals surface area contributed by atoms with Crippen molar-refractivity contribution in [3.05, 3.63) is 17.3 Å². The van der Waals surface area contributed by atoms with Crippen LogP contribution in [0.4, 0.5) is 0 Å². The topological polar surface area (TPSA) is 91.6 Å². The Morgan fingerprint density at radius 1 is 1.30 bits per heavy atom. The molecule has 1 unspecified atom stereocenters. The Bertz CT molecular complexity index is 505. The lowest BCUT2D eigenvalue weighted by atomic mass is 10.2. The molecule has 1 aromatic heterocycles. The number of hydrogen-bond donors (Lipinski definition) is 3. The lowest BCUT2D eigenvalue weighted by molar-refractivity contribution is -0.121. The minimum atomic E-state index is 0.0432. The van der Waals surface area contributed by atoms with E-state index in [1.54, 1.807) is 0 Å². The molecular weight excluding hydrogens is 294 g/mol. The van der Waals surface area contributed by atoms with E-state index in [9.17, 15) is 4.79 Å². The maximum Gasteiger partial charge on any atom is 0.221 e. The van der Waals surface area contributed by atoms with Gasteiger partial charge in [0.15, 0.2) is 5.96 Å². The van der Waals surface area contributed by atoms with Gasteiger partial charge < -0.3 is 20.4 Å². The number of guanidine groups is 1. The smallest absolute Gasteiger partial charge is 0.221 e. The van der Waals surface area contributed by atoms with E-state index in [-0.39, 0.29) is 11.9 Å². The van der Waals surface area contributed by atoms with E-state index in [0.29, 0.717) is 31.4 Å². The number of carbonyl (C=O) groups excluding carboxylic acids is 1. The van der Waals surface area contributed by atoms with Gasteiger partial charge in [0, 0.05) is 25.6 Å². The Hall–Kier alpha value is -2.05. The van der Waals surface area contributed by atoms with E-state index in [1.165, 1.54) is 0 Å². The van der Waals surface area contributed by atoms with E-state index < -0.39 is 0 Å². The number of rotatable bonds is 8. The van der Waals surface area contributed by atoms with Crippen LogP contribution in [0.3, 0.4) is 0 Å². The predicted molar refractivity (Wildman–Crippen MR) is 91.3 cm³/mol. The predicted octanol–water partition coefficient (Wildman–Crippen LogP) is 1.65. The summed E-state index contributed by atoms with van der Waals surface area (Å²) in [7, 11) is 0. The zero-order valence-electron chi connectivity index (χ0n) is 14.8. The fourth-order valence-corrected chi connectivity index (χ4v) is 1.84. The van der Waals surface area contributed by atoms with Crippen LogP contribution in [0.2, 0.25) is 0 Å². The van der Waals surface area contributed by atoms with Crippen LogP contribution < -0.4 is 16.0 Å². The third-order valence-electron chi connectivity index (χ3n) is 3.45. The van der Waals surface area contributed by atoms with Gasteiger partial charge in [0.1, 0.15) is 12.3 Å². The average molecular weight is 323 g/mol. The molecular formula is C16H29N5O2. The van der Waals surface area contributed by atoms with Gasteiger partial charge in [0.05, 0.1) is 5.69 Å². The van der Waals surface area contributed by atoms with Crippen LogP contribution in [0.1, 0.15) is 51.0 Å². The summed E-state index contributed by atoms with van der Waals surface area (Å²) in [5, 5.41) is 9.22. The highest BCUT2D eigenvalue weighted by molar-refractivity contribution is 5.81. The second-order valence-electron chi connectivity index (χ2n) is 5.50. The number of nitrogens with zero attached hydrogens (tertiary/aromatic N) is 2. The van der Waals surface area contributed by atoms with Crippen LogP contribution in [0, 0.1) is 13.8 Å². The normalized spacial score (nSPS) is 12.8. The van der Waals surface area contributed by atoms with Gasteiger partial charge in [-0.15, -0.1) is 0 Å². The molecule has 3 N–H and O–H groups in total. The Morgan fingerprint density at radius 3 is 2.61 bits per heavy atom. The lowest BCUT2D eigenvalue weighted by Gasteiger charge is -2.13. The van der Waals surface area contributed by atoms with E-state index in [4.69, 9.17) is 4.42 Å². The number of hydrogen-bond acceptors (Lipinski definition) is 4. The molecule has 0 aliphatic carbocycles. The van der Waals surface area contributed by atoms with Crippen molar-refractivity contribution in [3.8, 4) is 0 Å². The molecule has 1 aromatic rings. The van der Waals surface area contributed by atoms with Crippen molar-refractivity contribution in [1.29, 1.82) is 0 Å². The summed E-state index contributed by atoms with van der Waals surface area (Å²) in [6.45, 7) is 11.5. The van der Waals surface area contributed by atoms with Crippen molar-refractivity contribution in [2.24, 2.45) is 4.99 Å². The molecule has 0 saturated heterocycles. The quantitative estimate of drug-likeness (QED) is 0.500. The van der Waals surface area contributed by atoms with E-state index in [0.717, 1.165) is 24.4 Å². The Kier molecular flexibility index (Phi) is 8.15. The standard InChI is InChI=1S/C16H29N5O2/c1-6-11(3)20-14(22)8-9-18-16(17-7-2)19-10-15-21-12(4)13(5)23-15/h11H,6-10H2,1-5H3,(H,20,22)(H2,17,18,19). The molecule has 0 aliphatic heterocycles. The van der Waals surface area contributed by atoms with E-state index in [1.807, 2.05) is 34.6 Å². The molecule has 1 rings (SSSR count). The minimum Gasteiger partial charge on any atom is -0.444 e. The highest BCUT2D eigenvalue weighted by Crippen LogP contribution is 2.08. The minimum absolute atomic E-state index is 0.0432. The molecule has 0 bridgehead atoms. The van der Waals surface area contributed by atoms with Crippen LogP contribution in [-0.4, -0.2) is 36.0 Å². The first-order valence-corrected chi connectivity index (χ1v) is 8.20. The molecule has 130 valence electrons. The van der Waals surface area contributed by atoms with Crippen LogP contribution in [0.25, 0.3) is 0 Å². The molecule has 23 heavy (non-hydrogen) atoms. The Labute approximate surface area is 138 Å². The van der Waals surface area contributed by atoms with Gasteiger partial charge in [-0.3, -0.25) is 4.79 Å². The summed E-state index contributed by atoms with van der Waals surface area (Å²) in [6.07, 6.45) is 1.34. The Morgan fingerprint density at radius 2 is 2.04 bits per heavy atom. The number of aliphatic imine (C=N–C) groups is 1. The van der Waals surface area contributed by atoms with Gasteiger partial charge in [-0.1, -0.05) is 6.92 Å². The summed E-state index contributed by atoms with van der Waals surface area (Å²) < 4.78 is 5.50. The van der Waals surface area contributed by atoms with Crippen LogP contribution in [-0.2, 0) is 11.3 Å². The van der Waals surface area contributed by atoms with Gasteiger partial charge in [-0.2, -0.15) is 0 Å². The summed E-state index contributed by atoms with van der Waals surface area (Å²) >= 11 is 0. The first-order valence-electron chi connectivity index (χ1n) is 8.20. The second kappa shape index (κ2) is 9.86. The van der Waals surface area contributed by atoms with Crippen molar-refractivity contribution in [2.45, 2.75) is 60.0 Å². The van der Waals surface area contributed by atoms with Crippen molar-refractivity contribution >= 4 is 11.9 Å². The van der Waals surface area contributed by atoms with Crippen LogP contribution >= 0.6 is 0 Å². The summed E-state index contributed by atoms with van der Waals surface area (Å²) in [5.41, 5.74) is 0.884. The first-order chi connectivity index (χ1) is 11.0. The number of amides is 1. The van der Waals surface area contributed by atoms with Gasteiger partial charge in [-0.05, 0) is 34.1 Å². The van der Waals surface area contributed by atoms with Crippen molar-refractivity contribution in [1.82, 2.24) is 20.9 Å². The molecule has 0 radical (unpaired) electrons. The zero-order chi connectivity index (χ0) is 17.2. The van der Waals surface area contributed by atoms with Gasteiger partial charge >= 0.3 is 0 Å². The third kappa shape index (κ3) is 7.17. The summed E-state index contributed by atoms with van der Waals surface area (Å²) in [5.74, 6) is 2.10. The molecule has 1 atom stereocenters. The first kappa shape index (κ1) is 19.0. The molecule has 7 heteroatoms. The summed E-state index contributed by atoms with van der Waals surface area (Å²) in [4.78, 5) is 20.5. The van der Waals surface area contributed by atoms with E-state index in [2.05, 4.69) is 25.9 Å². The highest BCUT2D eigenvalue weighted by Gasteiger charge is 2.07. The highest BCUT2D eigenvalue weighted by atomic mass is 16.4. The molecule has 1 heterocycles. The van der Waals surface area contributed by atoms with Crippen molar-refractivity contribution < 1.29 is 9.21 Å². The number of carbonyl (C=O) groups is 1. The monoisotopic (exact) mass is 323 g/mol. The number of aromatic nitrogens is 1. The van der Waals surface area contributed by atoms with Crippen molar-refractivity contribution in [3.63, 3.8) is 0 Å².